The summed E-state index contributed by atoms with van der Waals surface area (Å²) in [6.07, 6.45) is 8.63. The molecule has 168 valence electrons. The molecule has 2 aromatic heterocycles. The number of hydrogen-bond donors (Lipinski definition) is 2. The Hall–Kier alpha value is -3.60. The van der Waals surface area contributed by atoms with Crippen molar-refractivity contribution in [1.29, 1.82) is 5.26 Å². The lowest BCUT2D eigenvalue weighted by atomic mass is 9.79. The van der Waals surface area contributed by atoms with Crippen LogP contribution in [0.3, 0.4) is 0 Å². The summed E-state index contributed by atoms with van der Waals surface area (Å²) in [5.41, 5.74) is 9.36. The maximum atomic E-state index is 12.7. The predicted octanol–water partition coefficient (Wildman–Crippen LogP) is 2.68. The van der Waals surface area contributed by atoms with Crippen LogP contribution in [0.5, 0.6) is 0 Å². The summed E-state index contributed by atoms with van der Waals surface area (Å²) in [4.78, 5) is 21.4. The average Bonchev–Trinajstić information content (AvgIpc) is 3.28. The number of benzene rings is 1. The highest BCUT2D eigenvalue weighted by molar-refractivity contribution is 5.79. The van der Waals surface area contributed by atoms with Gasteiger partial charge >= 0.3 is 0 Å². The van der Waals surface area contributed by atoms with Crippen LogP contribution in [0.1, 0.15) is 47.1 Å². The van der Waals surface area contributed by atoms with Crippen LogP contribution in [0.2, 0.25) is 0 Å². The molecular weight excluding hydrogens is 414 g/mol. The van der Waals surface area contributed by atoms with Gasteiger partial charge in [0.15, 0.2) is 6.04 Å². The second-order valence-corrected chi connectivity index (χ2v) is 8.57. The summed E-state index contributed by atoms with van der Waals surface area (Å²) in [5, 5.41) is 19.8. The number of carbonyl (C=O) groups is 1. The van der Waals surface area contributed by atoms with E-state index < -0.39 is 6.04 Å². The van der Waals surface area contributed by atoms with Gasteiger partial charge in [-0.25, -0.2) is 0 Å². The Bertz CT molecular complexity index is 1090. The van der Waals surface area contributed by atoms with Crippen molar-refractivity contribution in [2.24, 2.45) is 5.73 Å². The lowest BCUT2D eigenvalue weighted by molar-refractivity contribution is -0.961. The molecule has 4 rings (SSSR count). The van der Waals surface area contributed by atoms with Gasteiger partial charge in [0, 0.05) is 43.2 Å². The molecule has 7 nitrogen and oxygen atoms in total. The van der Waals surface area contributed by atoms with Crippen LogP contribution < -0.4 is 5.73 Å². The molecule has 0 radical (unpaired) electrons. The third-order valence-electron chi connectivity index (χ3n) is 6.83. The molecule has 7 heteroatoms. The quantitative estimate of drug-likeness (QED) is 0.521. The maximum absolute atomic E-state index is 12.7. The minimum absolute atomic E-state index is 0.0784. The van der Waals surface area contributed by atoms with Gasteiger partial charge in [-0.1, -0.05) is 24.3 Å². The van der Waals surface area contributed by atoms with Crippen LogP contribution in [0.4, 0.5) is 0 Å². The molecule has 3 aromatic rings. The number of aliphatic hydroxyl groups is 1. The first kappa shape index (κ1) is 22.6. The van der Waals surface area contributed by atoms with Crippen LogP contribution >= 0.6 is 0 Å². The number of rotatable bonds is 8. The van der Waals surface area contributed by atoms with E-state index in [4.69, 9.17) is 5.73 Å². The summed E-state index contributed by atoms with van der Waals surface area (Å²) in [6.45, 7) is 1.00. The molecule has 0 spiro atoms. The Morgan fingerprint density at radius 1 is 1.12 bits per heavy atom. The standard InChI is InChI=1S/C26H27N5O2/c27-16-19-5-1-6-20(15-19)25(31(13-14-32)12-4-9-23(31)26(28)33)24(21-7-2-10-29-17-21)22-8-3-11-30-18-22/h1-3,5-8,10-11,15,17-18,23-25,32H,4,9,12-14H2,(H-,28,33)/p+1/t23-,25?,31?/m0/s1. The van der Waals surface area contributed by atoms with E-state index in [-0.39, 0.29) is 24.5 Å². The molecule has 33 heavy (non-hydrogen) atoms. The molecule has 1 aromatic carbocycles. The van der Waals surface area contributed by atoms with E-state index in [2.05, 4.69) is 16.0 Å². The van der Waals surface area contributed by atoms with Gasteiger partial charge in [0.05, 0.1) is 30.7 Å². The second-order valence-electron chi connectivity index (χ2n) is 8.57. The zero-order valence-electron chi connectivity index (χ0n) is 18.4. The highest BCUT2D eigenvalue weighted by Crippen LogP contribution is 2.48. The van der Waals surface area contributed by atoms with Crippen LogP contribution in [-0.4, -0.2) is 51.2 Å². The molecule has 1 fully saturated rings. The number of aliphatic hydroxyl groups excluding tert-OH is 1. The van der Waals surface area contributed by atoms with Crippen LogP contribution in [0.15, 0.2) is 73.3 Å². The Balaban J connectivity index is 2.02. The first-order valence-corrected chi connectivity index (χ1v) is 11.2. The van der Waals surface area contributed by atoms with Gasteiger partial charge in [0.2, 0.25) is 0 Å². The Labute approximate surface area is 193 Å². The number of quaternary nitrogens is 1. The molecular formula is C26H28N5O2+. The van der Waals surface area contributed by atoms with Crippen molar-refractivity contribution in [3.63, 3.8) is 0 Å². The number of primary amides is 1. The van der Waals surface area contributed by atoms with Crippen molar-refractivity contribution in [2.75, 3.05) is 19.7 Å². The number of likely N-dealkylation sites (tertiary alicyclic amines) is 1. The second kappa shape index (κ2) is 9.90. The van der Waals surface area contributed by atoms with E-state index in [1.807, 2.05) is 54.9 Å². The Morgan fingerprint density at radius 2 is 1.79 bits per heavy atom. The van der Waals surface area contributed by atoms with Crippen molar-refractivity contribution in [3.05, 3.63) is 95.6 Å². The number of nitrogens with zero attached hydrogens (tertiary/aromatic N) is 4. The molecule has 1 amide bonds. The number of aromatic nitrogens is 2. The topological polar surface area (TPSA) is 113 Å². The highest BCUT2D eigenvalue weighted by Gasteiger charge is 2.53. The first-order chi connectivity index (χ1) is 16.1. The number of pyridine rings is 2. The van der Waals surface area contributed by atoms with Crippen molar-refractivity contribution in [1.82, 2.24) is 9.97 Å². The largest absolute Gasteiger partial charge is 0.391 e. The molecule has 1 saturated heterocycles. The minimum atomic E-state index is -0.441. The number of nitrogens with two attached hydrogens (primary N) is 1. The smallest absolute Gasteiger partial charge is 0.275 e. The van der Waals surface area contributed by atoms with Gasteiger partial charge in [-0.3, -0.25) is 14.8 Å². The summed E-state index contributed by atoms with van der Waals surface area (Å²) in [5.74, 6) is -0.577. The van der Waals surface area contributed by atoms with Crippen molar-refractivity contribution in [2.45, 2.75) is 30.8 Å². The molecule has 2 unspecified atom stereocenters. The fourth-order valence-electron chi connectivity index (χ4n) is 5.57. The third-order valence-corrected chi connectivity index (χ3v) is 6.83. The average molecular weight is 443 g/mol. The van der Waals surface area contributed by atoms with Crippen LogP contribution in [0, 0.1) is 11.3 Å². The summed E-state index contributed by atoms with van der Waals surface area (Å²) >= 11 is 0. The van der Waals surface area contributed by atoms with Gasteiger partial charge in [-0.2, -0.15) is 5.26 Å². The number of amides is 1. The zero-order valence-corrected chi connectivity index (χ0v) is 18.4. The number of nitriles is 1. The monoisotopic (exact) mass is 442 g/mol. The first-order valence-electron chi connectivity index (χ1n) is 11.2. The zero-order chi connectivity index (χ0) is 23.3. The SMILES string of the molecule is N#Cc1cccc(C(C(c2cccnc2)c2cccnc2)[N+]2(CCO)CCC[C@H]2C(N)=O)c1. The Morgan fingerprint density at radius 3 is 2.33 bits per heavy atom. The molecule has 1 aliphatic heterocycles. The van der Waals surface area contributed by atoms with Gasteiger partial charge in [-0.15, -0.1) is 0 Å². The lowest BCUT2D eigenvalue weighted by Crippen LogP contribution is -2.61. The van der Waals surface area contributed by atoms with E-state index in [0.717, 1.165) is 23.1 Å². The molecule has 3 atom stereocenters. The van der Waals surface area contributed by atoms with Gasteiger partial charge in [0.1, 0.15) is 12.6 Å². The van der Waals surface area contributed by atoms with E-state index >= 15 is 0 Å². The third kappa shape index (κ3) is 4.36. The summed E-state index contributed by atoms with van der Waals surface area (Å²) in [7, 11) is 0. The van der Waals surface area contributed by atoms with Crippen molar-refractivity contribution < 1.29 is 14.4 Å². The molecule has 3 N–H and O–H groups in total. The highest BCUT2D eigenvalue weighted by atomic mass is 16.3. The molecule has 0 aliphatic carbocycles. The van der Waals surface area contributed by atoms with Gasteiger partial charge in [-0.05, 0) is 35.4 Å². The predicted molar refractivity (Wildman–Crippen MR) is 124 cm³/mol. The Kier molecular flexibility index (Phi) is 6.78. The minimum Gasteiger partial charge on any atom is -0.391 e. The fourth-order valence-corrected chi connectivity index (χ4v) is 5.57. The summed E-state index contributed by atoms with van der Waals surface area (Å²) in [6, 6.07) is 16.9. The fraction of sp³-hybridized carbons (Fsp3) is 0.308. The summed E-state index contributed by atoms with van der Waals surface area (Å²) < 4.78 is 0.329. The maximum Gasteiger partial charge on any atom is 0.275 e. The molecule has 3 heterocycles. The molecule has 0 saturated carbocycles. The van der Waals surface area contributed by atoms with Gasteiger partial charge in [0.25, 0.3) is 5.91 Å². The van der Waals surface area contributed by atoms with Crippen LogP contribution in [-0.2, 0) is 4.79 Å². The van der Waals surface area contributed by atoms with Gasteiger partial charge < -0.3 is 15.3 Å². The number of hydrogen-bond acceptors (Lipinski definition) is 5. The van der Waals surface area contributed by atoms with E-state index in [0.29, 0.717) is 29.6 Å². The van der Waals surface area contributed by atoms with Crippen molar-refractivity contribution in [3.8, 4) is 6.07 Å². The van der Waals surface area contributed by atoms with Crippen LogP contribution in [0.25, 0.3) is 0 Å². The number of carbonyl (C=O) groups excluding carboxylic acids is 1. The molecule has 1 aliphatic rings. The lowest BCUT2D eigenvalue weighted by Gasteiger charge is -2.48. The van der Waals surface area contributed by atoms with Crippen molar-refractivity contribution >= 4 is 5.91 Å². The van der Waals surface area contributed by atoms with E-state index in [1.54, 1.807) is 18.5 Å². The molecule has 0 bridgehead atoms. The normalized spacial score (nSPS) is 20.9. The van der Waals surface area contributed by atoms with E-state index in [9.17, 15) is 15.2 Å². The van der Waals surface area contributed by atoms with E-state index in [1.165, 1.54) is 0 Å².